The summed E-state index contributed by atoms with van der Waals surface area (Å²) in [6.45, 7) is 4.84. The average molecular weight is 335 g/mol. The van der Waals surface area contributed by atoms with Crippen LogP contribution < -0.4 is 10.6 Å². The summed E-state index contributed by atoms with van der Waals surface area (Å²) in [5.74, 6) is 0. The zero-order chi connectivity index (χ0) is 17.0. The zero-order valence-electron chi connectivity index (χ0n) is 14.1. The Kier molecular flexibility index (Phi) is 5.62. The van der Waals surface area contributed by atoms with Crippen molar-refractivity contribution in [2.75, 3.05) is 27.2 Å². The van der Waals surface area contributed by atoms with Crippen molar-refractivity contribution in [1.29, 1.82) is 0 Å². The lowest BCUT2D eigenvalue weighted by Crippen LogP contribution is -2.50. The molecule has 1 aromatic heterocycles. The lowest BCUT2D eigenvalue weighted by molar-refractivity contribution is 0.170. The number of likely N-dealkylation sites (N-methyl/N-ethyl adjacent to an activating group) is 1. The van der Waals surface area contributed by atoms with E-state index >= 15 is 0 Å². The van der Waals surface area contributed by atoms with Crippen LogP contribution in [0, 0.1) is 0 Å². The number of carbonyl (C=O) groups is 1. The first-order valence-electron chi connectivity index (χ1n) is 7.65. The maximum absolute atomic E-state index is 11.9. The molecule has 0 bridgehead atoms. The Morgan fingerprint density at radius 3 is 2.65 bits per heavy atom. The quantitative estimate of drug-likeness (QED) is 0.760. The summed E-state index contributed by atoms with van der Waals surface area (Å²) in [6, 6.07) is 9.71. The number of nitrogens with zero attached hydrogens (tertiary/aromatic N) is 1. The van der Waals surface area contributed by atoms with E-state index in [1.165, 1.54) is 0 Å². The average Bonchev–Trinajstić information content (AvgIpc) is 2.94. The van der Waals surface area contributed by atoms with Gasteiger partial charge in [0.05, 0.1) is 6.54 Å². The topological polar surface area (TPSA) is 64.6 Å². The smallest absolute Gasteiger partial charge is 0.314 e. The fourth-order valence-electron chi connectivity index (χ4n) is 1.97. The second kappa shape index (κ2) is 7.29. The molecule has 0 fully saturated rings. The Labute approximate surface area is 141 Å². The highest BCUT2D eigenvalue weighted by molar-refractivity contribution is 7.19. The molecule has 23 heavy (non-hydrogen) atoms. The van der Waals surface area contributed by atoms with Crippen LogP contribution in [-0.2, 0) is 0 Å². The van der Waals surface area contributed by atoms with Crippen molar-refractivity contribution >= 4 is 27.5 Å². The molecule has 2 rings (SSSR count). The van der Waals surface area contributed by atoms with Gasteiger partial charge in [0.2, 0.25) is 0 Å². The number of fused-ring (bicyclic) bond motifs is 1. The molecule has 126 valence electrons. The zero-order valence-corrected chi connectivity index (χ0v) is 14.9. The summed E-state index contributed by atoms with van der Waals surface area (Å²) >= 11 is 1.55. The van der Waals surface area contributed by atoms with Crippen LogP contribution in [0.2, 0.25) is 0 Å². The second-order valence-corrected chi connectivity index (χ2v) is 7.59. The molecule has 2 amide bonds. The fraction of sp³-hybridized carbons (Fsp3) is 0.471. The van der Waals surface area contributed by atoms with Crippen molar-refractivity contribution in [1.82, 2.24) is 15.5 Å². The Bertz CT molecular complexity index is 634. The molecule has 3 N–H and O–H groups in total. The molecule has 1 unspecified atom stereocenters. The molecule has 0 aliphatic rings. The van der Waals surface area contributed by atoms with Crippen LogP contribution in [0.5, 0.6) is 0 Å². The van der Waals surface area contributed by atoms with Gasteiger partial charge >= 0.3 is 6.03 Å². The van der Waals surface area contributed by atoms with Gasteiger partial charge in [-0.25, -0.2) is 4.79 Å². The molecule has 0 aliphatic heterocycles. The highest BCUT2D eigenvalue weighted by atomic mass is 32.1. The highest BCUT2D eigenvalue weighted by Crippen LogP contribution is 2.29. The predicted octanol–water partition coefficient (Wildman–Crippen LogP) is 2.57. The molecule has 1 aromatic carbocycles. The van der Waals surface area contributed by atoms with Gasteiger partial charge in [-0.15, -0.1) is 11.3 Å². The Morgan fingerprint density at radius 2 is 2.00 bits per heavy atom. The standard InChI is InChI=1S/C17H25N3O2S/c1-17(2,20(3)4)11-19-16(22)18-10-13(21)15-9-12-7-5-6-8-14(12)23-15/h5-9,13,21H,10-11H2,1-4H3,(H2,18,19,22). The van der Waals surface area contributed by atoms with Crippen LogP contribution in [0.1, 0.15) is 24.8 Å². The monoisotopic (exact) mass is 335 g/mol. The van der Waals surface area contributed by atoms with Crippen LogP contribution >= 0.6 is 11.3 Å². The number of hydrogen-bond acceptors (Lipinski definition) is 4. The summed E-state index contributed by atoms with van der Waals surface area (Å²) in [5.41, 5.74) is -0.124. The number of nitrogens with one attached hydrogen (secondary N) is 2. The molecule has 0 radical (unpaired) electrons. The van der Waals surface area contributed by atoms with Crippen molar-refractivity contribution < 1.29 is 9.90 Å². The van der Waals surface area contributed by atoms with Crippen molar-refractivity contribution in [3.05, 3.63) is 35.2 Å². The minimum Gasteiger partial charge on any atom is -0.386 e. The number of aliphatic hydroxyl groups is 1. The van der Waals surface area contributed by atoms with Crippen molar-refractivity contribution in [2.45, 2.75) is 25.5 Å². The predicted molar refractivity (Wildman–Crippen MR) is 96.0 cm³/mol. The van der Waals surface area contributed by atoms with E-state index in [1.54, 1.807) is 11.3 Å². The number of urea groups is 1. The van der Waals surface area contributed by atoms with Crippen LogP contribution in [-0.4, -0.2) is 48.8 Å². The maximum atomic E-state index is 11.9. The van der Waals surface area contributed by atoms with E-state index in [0.29, 0.717) is 6.54 Å². The van der Waals surface area contributed by atoms with Crippen LogP contribution in [0.3, 0.4) is 0 Å². The molecule has 2 aromatic rings. The summed E-state index contributed by atoms with van der Waals surface area (Å²) in [4.78, 5) is 14.8. The largest absolute Gasteiger partial charge is 0.386 e. The van der Waals surface area contributed by atoms with Gasteiger partial charge in [0.15, 0.2) is 0 Å². The number of benzene rings is 1. The van der Waals surface area contributed by atoms with Gasteiger partial charge in [0.1, 0.15) is 6.10 Å². The number of amides is 2. The third-order valence-electron chi connectivity index (χ3n) is 4.12. The van der Waals surface area contributed by atoms with E-state index in [2.05, 4.69) is 29.4 Å². The second-order valence-electron chi connectivity index (χ2n) is 6.47. The van der Waals surface area contributed by atoms with Crippen LogP contribution in [0.4, 0.5) is 4.79 Å². The maximum Gasteiger partial charge on any atom is 0.314 e. The minimum absolute atomic E-state index is 0.124. The lowest BCUT2D eigenvalue weighted by Gasteiger charge is -2.32. The number of rotatable bonds is 6. The van der Waals surface area contributed by atoms with E-state index in [0.717, 1.165) is 15.0 Å². The summed E-state index contributed by atoms with van der Waals surface area (Å²) in [6.07, 6.45) is -0.694. The van der Waals surface area contributed by atoms with Crippen molar-refractivity contribution in [2.24, 2.45) is 0 Å². The molecule has 6 heteroatoms. The van der Waals surface area contributed by atoms with E-state index in [-0.39, 0.29) is 18.1 Å². The van der Waals surface area contributed by atoms with Gasteiger partial charge in [-0.1, -0.05) is 18.2 Å². The molecule has 0 saturated heterocycles. The van der Waals surface area contributed by atoms with Gasteiger partial charge in [0, 0.05) is 21.7 Å². The molecule has 0 aliphatic carbocycles. The van der Waals surface area contributed by atoms with Gasteiger partial charge < -0.3 is 20.6 Å². The van der Waals surface area contributed by atoms with E-state index < -0.39 is 6.10 Å². The highest BCUT2D eigenvalue weighted by Gasteiger charge is 2.21. The SMILES string of the molecule is CN(C)C(C)(C)CNC(=O)NCC(O)c1cc2ccccc2s1. The Balaban J connectivity index is 1.84. The minimum atomic E-state index is -0.694. The molecule has 0 saturated carbocycles. The first kappa shape index (κ1) is 17.7. The van der Waals surface area contributed by atoms with Gasteiger partial charge in [-0.3, -0.25) is 0 Å². The molecule has 5 nitrogen and oxygen atoms in total. The lowest BCUT2D eigenvalue weighted by atomic mass is 10.1. The first-order valence-corrected chi connectivity index (χ1v) is 8.47. The third kappa shape index (κ3) is 4.67. The van der Waals surface area contributed by atoms with Gasteiger partial charge in [-0.05, 0) is 45.5 Å². The number of carbonyl (C=O) groups excluding carboxylic acids is 1. The van der Waals surface area contributed by atoms with Crippen molar-refractivity contribution in [3.8, 4) is 0 Å². The number of thiophene rings is 1. The third-order valence-corrected chi connectivity index (χ3v) is 5.34. The summed E-state index contributed by atoms with van der Waals surface area (Å²) in [5, 5.41) is 16.9. The van der Waals surface area contributed by atoms with Crippen molar-refractivity contribution in [3.63, 3.8) is 0 Å². The van der Waals surface area contributed by atoms with E-state index in [4.69, 9.17) is 0 Å². The Hall–Kier alpha value is -1.63. The summed E-state index contributed by atoms with van der Waals surface area (Å²) in [7, 11) is 3.95. The van der Waals surface area contributed by atoms with E-state index in [9.17, 15) is 9.90 Å². The number of aliphatic hydroxyl groups excluding tert-OH is 1. The Morgan fingerprint density at radius 1 is 1.30 bits per heavy atom. The molecule has 1 heterocycles. The summed E-state index contributed by atoms with van der Waals surface area (Å²) < 4.78 is 1.14. The number of hydrogen-bond donors (Lipinski definition) is 3. The normalized spacial score (nSPS) is 13.3. The van der Waals surface area contributed by atoms with Crippen LogP contribution in [0.25, 0.3) is 10.1 Å². The molecule has 1 atom stereocenters. The molecule has 0 spiro atoms. The fourth-order valence-corrected chi connectivity index (χ4v) is 3.02. The van der Waals surface area contributed by atoms with E-state index in [1.807, 2.05) is 44.4 Å². The molecular weight excluding hydrogens is 310 g/mol. The van der Waals surface area contributed by atoms with Gasteiger partial charge in [0.25, 0.3) is 0 Å². The molecular formula is C17H25N3O2S. The van der Waals surface area contributed by atoms with Gasteiger partial charge in [-0.2, -0.15) is 0 Å². The van der Waals surface area contributed by atoms with Crippen LogP contribution in [0.15, 0.2) is 30.3 Å². The first-order chi connectivity index (χ1) is 10.8.